The fourth-order valence-electron chi connectivity index (χ4n) is 2.47. The van der Waals surface area contributed by atoms with Gasteiger partial charge in [-0.3, -0.25) is 9.69 Å². The predicted octanol–water partition coefficient (Wildman–Crippen LogP) is 1.59. The quantitative estimate of drug-likeness (QED) is 0.902. The molecule has 1 heterocycles. The highest BCUT2D eigenvalue weighted by Gasteiger charge is 2.31. The highest BCUT2D eigenvalue weighted by molar-refractivity contribution is 5.75. The molecular formula is C14H19FN2O2. The lowest BCUT2D eigenvalue weighted by atomic mass is 10.0. The molecule has 0 aromatic heterocycles. The molecule has 0 bridgehead atoms. The number of nitrogens with zero attached hydrogens (tertiary/aromatic N) is 2. The first kappa shape index (κ1) is 14.0. The Bertz CT molecular complexity index is 449. The van der Waals surface area contributed by atoms with E-state index in [1.54, 1.807) is 12.1 Å². The Morgan fingerprint density at radius 2 is 2.00 bits per heavy atom. The van der Waals surface area contributed by atoms with Crippen molar-refractivity contribution in [3.05, 3.63) is 35.6 Å². The zero-order valence-corrected chi connectivity index (χ0v) is 11.2. The smallest absolute Gasteiger partial charge is 0.325 e. The van der Waals surface area contributed by atoms with E-state index in [-0.39, 0.29) is 5.82 Å². The van der Waals surface area contributed by atoms with Crippen LogP contribution in [0.25, 0.3) is 0 Å². The second kappa shape index (κ2) is 5.67. The molecule has 0 radical (unpaired) electrons. The number of carboxylic acids is 1. The summed E-state index contributed by atoms with van der Waals surface area (Å²) in [4.78, 5) is 15.7. The summed E-state index contributed by atoms with van der Waals surface area (Å²) in [6.45, 7) is 4.32. The molecule has 1 aliphatic heterocycles. The Morgan fingerprint density at radius 3 is 2.53 bits per heavy atom. The number of piperazine rings is 1. The van der Waals surface area contributed by atoms with Crippen LogP contribution < -0.4 is 0 Å². The van der Waals surface area contributed by atoms with E-state index < -0.39 is 12.0 Å². The van der Waals surface area contributed by atoms with Crippen LogP contribution in [0.1, 0.15) is 18.5 Å². The average Bonchev–Trinajstić information content (AvgIpc) is 2.36. The van der Waals surface area contributed by atoms with Gasteiger partial charge in [-0.05, 0) is 31.7 Å². The molecular weight excluding hydrogens is 247 g/mol. The molecule has 0 aliphatic carbocycles. The fraction of sp³-hybridized carbons (Fsp3) is 0.500. The second-order valence-electron chi connectivity index (χ2n) is 5.12. The van der Waals surface area contributed by atoms with Crippen molar-refractivity contribution in [2.24, 2.45) is 0 Å². The van der Waals surface area contributed by atoms with Gasteiger partial charge in [-0.15, -0.1) is 0 Å². The number of carbonyl (C=O) groups is 1. The van der Waals surface area contributed by atoms with E-state index in [4.69, 9.17) is 0 Å². The summed E-state index contributed by atoms with van der Waals surface area (Å²) >= 11 is 0. The minimum atomic E-state index is -0.886. The molecule has 5 heteroatoms. The van der Waals surface area contributed by atoms with Gasteiger partial charge in [0.25, 0.3) is 0 Å². The SMILES string of the molecule is CC1CN(C(C(=O)O)c2ccc(F)cc2)CCN1C. The van der Waals surface area contributed by atoms with Crippen molar-refractivity contribution in [2.75, 3.05) is 26.7 Å². The van der Waals surface area contributed by atoms with Gasteiger partial charge >= 0.3 is 5.97 Å². The molecule has 19 heavy (non-hydrogen) atoms. The summed E-state index contributed by atoms with van der Waals surface area (Å²) in [5, 5.41) is 9.45. The van der Waals surface area contributed by atoms with Gasteiger partial charge in [0.1, 0.15) is 11.9 Å². The Morgan fingerprint density at radius 1 is 1.37 bits per heavy atom. The number of benzene rings is 1. The molecule has 1 aromatic carbocycles. The molecule has 0 spiro atoms. The summed E-state index contributed by atoms with van der Waals surface area (Å²) in [6.07, 6.45) is 0. The number of aliphatic carboxylic acids is 1. The van der Waals surface area contributed by atoms with Crippen LogP contribution in [0, 0.1) is 5.82 Å². The summed E-state index contributed by atoms with van der Waals surface area (Å²) in [5.41, 5.74) is 0.630. The molecule has 2 rings (SSSR count). The van der Waals surface area contributed by atoms with Crippen LogP contribution in [0.15, 0.2) is 24.3 Å². The maximum atomic E-state index is 12.9. The minimum absolute atomic E-state index is 0.316. The third-order valence-corrected chi connectivity index (χ3v) is 3.78. The van der Waals surface area contributed by atoms with Crippen molar-refractivity contribution < 1.29 is 14.3 Å². The molecule has 1 fully saturated rings. The van der Waals surface area contributed by atoms with Crippen LogP contribution in [-0.4, -0.2) is 53.6 Å². The van der Waals surface area contributed by atoms with E-state index in [2.05, 4.69) is 11.8 Å². The van der Waals surface area contributed by atoms with Crippen LogP contribution in [0.5, 0.6) is 0 Å². The van der Waals surface area contributed by atoms with Crippen molar-refractivity contribution in [3.63, 3.8) is 0 Å². The van der Waals surface area contributed by atoms with Crippen molar-refractivity contribution in [2.45, 2.75) is 19.0 Å². The molecule has 0 saturated carbocycles. The monoisotopic (exact) mass is 266 g/mol. The first-order valence-electron chi connectivity index (χ1n) is 6.41. The third-order valence-electron chi connectivity index (χ3n) is 3.78. The Balaban J connectivity index is 2.21. The summed E-state index contributed by atoms with van der Waals surface area (Å²) < 4.78 is 12.9. The normalized spacial score (nSPS) is 23.2. The first-order chi connectivity index (χ1) is 8.99. The largest absolute Gasteiger partial charge is 0.480 e. The van der Waals surface area contributed by atoms with Crippen LogP contribution in [0.4, 0.5) is 4.39 Å². The first-order valence-corrected chi connectivity index (χ1v) is 6.41. The van der Waals surface area contributed by atoms with Gasteiger partial charge in [-0.25, -0.2) is 4.39 Å². The second-order valence-corrected chi connectivity index (χ2v) is 5.12. The maximum absolute atomic E-state index is 12.9. The van der Waals surface area contributed by atoms with Gasteiger partial charge in [-0.1, -0.05) is 12.1 Å². The molecule has 1 N–H and O–H groups in total. The fourth-order valence-corrected chi connectivity index (χ4v) is 2.47. The van der Waals surface area contributed by atoms with E-state index in [0.717, 1.165) is 6.54 Å². The molecule has 104 valence electrons. The van der Waals surface area contributed by atoms with E-state index in [9.17, 15) is 14.3 Å². The molecule has 4 nitrogen and oxygen atoms in total. The van der Waals surface area contributed by atoms with Crippen molar-refractivity contribution >= 4 is 5.97 Å². The Hall–Kier alpha value is -1.46. The van der Waals surface area contributed by atoms with Crippen molar-refractivity contribution in [3.8, 4) is 0 Å². The van der Waals surface area contributed by atoms with Crippen LogP contribution in [0.2, 0.25) is 0 Å². The molecule has 1 saturated heterocycles. The number of hydrogen-bond donors (Lipinski definition) is 1. The Labute approximate surface area is 112 Å². The number of rotatable bonds is 3. The van der Waals surface area contributed by atoms with Gasteiger partial charge in [0.05, 0.1) is 0 Å². The lowest BCUT2D eigenvalue weighted by Gasteiger charge is -2.40. The van der Waals surface area contributed by atoms with Gasteiger partial charge in [-0.2, -0.15) is 0 Å². The summed E-state index contributed by atoms with van der Waals surface area (Å²) in [5.74, 6) is -1.23. The molecule has 0 amide bonds. The zero-order valence-electron chi connectivity index (χ0n) is 11.2. The number of carboxylic acid groups (broad SMARTS) is 1. The molecule has 2 unspecified atom stereocenters. The van der Waals surface area contributed by atoms with Crippen molar-refractivity contribution in [1.82, 2.24) is 9.80 Å². The van der Waals surface area contributed by atoms with E-state index in [1.807, 2.05) is 11.9 Å². The van der Waals surface area contributed by atoms with E-state index >= 15 is 0 Å². The molecule has 1 aromatic rings. The standard InChI is InChI=1S/C14H19FN2O2/c1-10-9-17(8-7-16(10)2)13(14(18)19)11-3-5-12(15)6-4-11/h3-6,10,13H,7-9H2,1-2H3,(H,18,19). The Kier molecular flexibility index (Phi) is 4.17. The summed E-state index contributed by atoms with van der Waals surface area (Å²) in [6, 6.07) is 5.34. The lowest BCUT2D eigenvalue weighted by molar-refractivity contribution is -0.144. The maximum Gasteiger partial charge on any atom is 0.325 e. The lowest BCUT2D eigenvalue weighted by Crippen LogP contribution is -2.52. The number of likely N-dealkylation sites (N-methyl/N-ethyl adjacent to an activating group) is 1. The highest BCUT2D eigenvalue weighted by atomic mass is 19.1. The zero-order chi connectivity index (χ0) is 14.0. The number of hydrogen-bond acceptors (Lipinski definition) is 3. The molecule has 1 aliphatic rings. The van der Waals surface area contributed by atoms with Crippen molar-refractivity contribution in [1.29, 1.82) is 0 Å². The average molecular weight is 266 g/mol. The number of halogens is 1. The minimum Gasteiger partial charge on any atom is -0.480 e. The predicted molar refractivity (Wildman–Crippen MR) is 70.4 cm³/mol. The van der Waals surface area contributed by atoms with Gasteiger partial charge < -0.3 is 10.0 Å². The van der Waals surface area contributed by atoms with E-state index in [1.165, 1.54) is 12.1 Å². The van der Waals surface area contributed by atoms with Crippen LogP contribution >= 0.6 is 0 Å². The van der Waals surface area contributed by atoms with Gasteiger partial charge in [0, 0.05) is 25.7 Å². The van der Waals surface area contributed by atoms with Crippen LogP contribution in [-0.2, 0) is 4.79 Å². The van der Waals surface area contributed by atoms with Crippen LogP contribution in [0.3, 0.4) is 0 Å². The van der Waals surface area contributed by atoms with E-state index in [0.29, 0.717) is 24.7 Å². The molecule has 2 atom stereocenters. The summed E-state index contributed by atoms with van der Waals surface area (Å²) in [7, 11) is 2.04. The third kappa shape index (κ3) is 3.11. The van der Waals surface area contributed by atoms with Gasteiger partial charge in [0.2, 0.25) is 0 Å². The van der Waals surface area contributed by atoms with Gasteiger partial charge in [0.15, 0.2) is 0 Å². The highest BCUT2D eigenvalue weighted by Crippen LogP contribution is 2.24. The topological polar surface area (TPSA) is 43.8 Å².